The van der Waals surface area contributed by atoms with Crippen LogP contribution in [0, 0.1) is 5.92 Å². The van der Waals surface area contributed by atoms with Crippen molar-refractivity contribution < 1.29 is 17.6 Å². The second-order valence-corrected chi connectivity index (χ2v) is 4.17. The highest BCUT2D eigenvalue weighted by atomic mass is 19.4. The number of piperidine rings is 1. The van der Waals surface area contributed by atoms with E-state index >= 15 is 0 Å². The second-order valence-electron chi connectivity index (χ2n) is 4.17. The third-order valence-corrected chi connectivity index (χ3v) is 3.01. The lowest BCUT2D eigenvalue weighted by atomic mass is 9.96. The van der Waals surface area contributed by atoms with Gasteiger partial charge in [-0.25, -0.2) is 0 Å². The van der Waals surface area contributed by atoms with Gasteiger partial charge in [0, 0.05) is 0 Å². The summed E-state index contributed by atoms with van der Waals surface area (Å²) in [6, 6.07) is 3.63. The molecule has 1 aromatic heterocycles. The molecular formula is C11H14F3NO. The van der Waals surface area contributed by atoms with Crippen molar-refractivity contribution in [3.05, 3.63) is 24.2 Å². The molecule has 1 aliphatic rings. The maximum atomic E-state index is 12.4. The first-order valence-corrected chi connectivity index (χ1v) is 5.37. The molecule has 0 bridgehead atoms. The molecule has 1 fully saturated rings. The average Bonchev–Trinajstić information content (AvgIpc) is 2.70. The van der Waals surface area contributed by atoms with E-state index in [0.29, 0.717) is 19.6 Å². The fourth-order valence-electron chi connectivity index (χ4n) is 2.04. The Morgan fingerprint density at radius 3 is 2.50 bits per heavy atom. The summed E-state index contributed by atoms with van der Waals surface area (Å²) in [6.45, 7) is 1.59. The summed E-state index contributed by atoms with van der Waals surface area (Å²) in [5.41, 5.74) is 0. The number of furan rings is 1. The van der Waals surface area contributed by atoms with Crippen molar-refractivity contribution in [3.63, 3.8) is 0 Å². The van der Waals surface area contributed by atoms with Crippen molar-refractivity contribution in [2.24, 2.45) is 5.92 Å². The maximum Gasteiger partial charge on any atom is 0.391 e. The summed E-state index contributed by atoms with van der Waals surface area (Å²) in [4.78, 5) is 2.00. The van der Waals surface area contributed by atoms with Gasteiger partial charge in [-0.3, -0.25) is 4.90 Å². The second kappa shape index (κ2) is 4.49. The normalized spacial score (nSPS) is 20.2. The quantitative estimate of drug-likeness (QED) is 0.780. The molecule has 1 saturated heterocycles. The van der Waals surface area contributed by atoms with Crippen molar-refractivity contribution in [2.75, 3.05) is 13.1 Å². The zero-order valence-electron chi connectivity index (χ0n) is 8.83. The number of alkyl halides is 3. The minimum atomic E-state index is -4.03. The Bertz CT molecular complexity index is 312. The summed E-state index contributed by atoms with van der Waals surface area (Å²) in [5.74, 6) is -0.314. The van der Waals surface area contributed by atoms with Crippen LogP contribution in [0.25, 0.3) is 0 Å². The Morgan fingerprint density at radius 1 is 1.31 bits per heavy atom. The topological polar surface area (TPSA) is 16.4 Å². The highest BCUT2D eigenvalue weighted by Gasteiger charge is 2.40. The van der Waals surface area contributed by atoms with Crippen LogP contribution in [0.2, 0.25) is 0 Å². The lowest BCUT2D eigenvalue weighted by Crippen LogP contribution is -2.38. The van der Waals surface area contributed by atoms with Crippen molar-refractivity contribution >= 4 is 0 Å². The molecule has 0 aliphatic carbocycles. The minimum Gasteiger partial charge on any atom is -0.468 e. The van der Waals surface area contributed by atoms with Crippen molar-refractivity contribution in [1.29, 1.82) is 0 Å². The van der Waals surface area contributed by atoms with Gasteiger partial charge in [-0.1, -0.05) is 0 Å². The number of halogens is 3. The Balaban J connectivity index is 1.82. The molecule has 1 aliphatic heterocycles. The highest BCUT2D eigenvalue weighted by Crippen LogP contribution is 2.34. The van der Waals surface area contributed by atoms with Crippen LogP contribution in [0.4, 0.5) is 13.2 Å². The molecule has 0 N–H and O–H groups in total. The zero-order valence-corrected chi connectivity index (χ0v) is 8.83. The summed E-state index contributed by atoms with van der Waals surface area (Å²) < 4.78 is 42.4. The third-order valence-electron chi connectivity index (χ3n) is 3.01. The molecule has 0 unspecified atom stereocenters. The number of hydrogen-bond acceptors (Lipinski definition) is 2. The van der Waals surface area contributed by atoms with Crippen molar-refractivity contribution in [1.82, 2.24) is 4.90 Å². The van der Waals surface area contributed by atoms with Gasteiger partial charge in [0.15, 0.2) is 0 Å². The molecule has 2 nitrogen and oxygen atoms in total. The fraction of sp³-hybridized carbons (Fsp3) is 0.636. The summed E-state index contributed by atoms with van der Waals surface area (Å²) in [7, 11) is 0. The molecule has 1 aromatic rings. The number of rotatable bonds is 2. The molecule has 5 heteroatoms. The number of likely N-dealkylation sites (tertiary alicyclic amines) is 1. The van der Waals surface area contributed by atoms with E-state index in [-0.39, 0.29) is 12.8 Å². The van der Waals surface area contributed by atoms with Gasteiger partial charge < -0.3 is 4.42 Å². The highest BCUT2D eigenvalue weighted by molar-refractivity contribution is 4.98. The van der Waals surface area contributed by atoms with Crippen LogP contribution in [-0.4, -0.2) is 24.2 Å². The van der Waals surface area contributed by atoms with Crippen molar-refractivity contribution in [2.45, 2.75) is 25.6 Å². The summed E-state index contributed by atoms with van der Waals surface area (Å²) >= 11 is 0. The molecule has 2 rings (SSSR count). The van der Waals surface area contributed by atoms with Gasteiger partial charge in [0.1, 0.15) is 5.76 Å². The molecule has 16 heavy (non-hydrogen) atoms. The maximum absolute atomic E-state index is 12.4. The molecule has 0 spiro atoms. The Morgan fingerprint density at radius 2 is 2.00 bits per heavy atom. The molecule has 0 amide bonds. The molecule has 0 aromatic carbocycles. The molecular weight excluding hydrogens is 219 g/mol. The zero-order chi connectivity index (χ0) is 11.6. The molecule has 90 valence electrons. The van der Waals surface area contributed by atoms with Crippen LogP contribution < -0.4 is 0 Å². The smallest absolute Gasteiger partial charge is 0.391 e. The third kappa shape index (κ3) is 2.78. The van der Waals surface area contributed by atoms with Crippen LogP contribution in [0.1, 0.15) is 18.6 Å². The van der Waals surface area contributed by atoms with Gasteiger partial charge in [0.05, 0.1) is 18.7 Å². The van der Waals surface area contributed by atoms with E-state index in [1.165, 1.54) is 0 Å². The van der Waals surface area contributed by atoms with Crippen LogP contribution in [-0.2, 0) is 6.54 Å². The number of nitrogens with zero attached hydrogens (tertiary/aromatic N) is 1. The van der Waals surface area contributed by atoms with Crippen LogP contribution in [0.3, 0.4) is 0 Å². The number of hydrogen-bond donors (Lipinski definition) is 0. The van der Waals surface area contributed by atoms with Gasteiger partial charge >= 0.3 is 6.18 Å². The largest absolute Gasteiger partial charge is 0.468 e. The van der Waals surface area contributed by atoms with Crippen LogP contribution in [0.15, 0.2) is 22.8 Å². The standard InChI is InChI=1S/C11H14F3NO/c12-11(13,14)9-3-5-15(6-4-9)8-10-2-1-7-16-10/h1-2,7,9H,3-6,8H2. The van der Waals surface area contributed by atoms with Crippen molar-refractivity contribution in [3.8, 4) is 0 Å². The first-order valence-electron chi connectivity index (χ1n) is 5.37. The monoisotopic (exact) mass is 233 g/mol. The van der Waals surface area contributed by atoms with Gasteiger partial charge in [-0.15, -0.1) is 0 Å². The molecule has 0 saturated carbocycles. The molecule has 0 radical (unpaired) electrons. The molecule has 2 heterocycles. The van der Waals surface area contributed by atoms with E-state index in [1.807, 2.05) is 11.0 Å². The van der Waals surface area contributed by atoms with E-state index in [9.17, 15) is 13.2 Å². The minimum absolute atomic E-state index is 0.199. The van der Waals surface area contributed by atoms with Crippen LogP contribution in [0.5, 0.6) is 0 Å². The summed E-state index contributed by atoms with van der Waals surface area (Å²) in [5, 5.41) is 0. The van der Waals surface area contributed by atoms with E-state index in [1.54, 1.807) is 12.3 Å². The molecule has 0 atom stereocenters. The van der Waals surface area contributed by atoms with Gasteiger partial charge in [0.25, 0.3) is 0 Å². The Labute approximate surface area is 92.0 Å². The van der Waals surface area contributed by atoms with E-state index in [4.69, 9.17) is 4.42 Å². The first kappa shape index (κ1) is 11.5. The fourth-order valence-corrected chi connectivity index (χ4v) is 2.04. The average molecular weight is 233 g/mol. The predicted molar refractivity (Wildman–Crippen MR) is 52.8 cm³/mol. The predicted octanol–water partition coefficient (Wildman–Crippen LogP) is 3.05. The van der Waals surface area contributed by atoms with Gasteiger partial charge in [-0.2, -0.15) is 13.2 Å². The SMILES string of the molecule is FC(F)(F)C1CCN(Cc2ccco2)CC1. The summed E-state index contributed by atoms with van der Waals surface area (Å²) in [6.07, 6.45) is -2.05. The lowest BCUT2D eigenvalue weighted by molar-refractivity contribution is -0.185. The van der Waals surface area contributed by atoms with E-state index < -0.39 is 12.1 Å². The van der Waals surface area contributed by atoms with Crippen LogP contribution >= 0.6 is 0 Å². The van der Waals surface area contributed by atoms with E-state index in [2.05, 4.69) is 0 Å². The lowest BCUT2D eigenvalue weighted by Gasteiger charge is -2.32. The Hall–Kier alpha value is -0.970. The Kier molecular flexibility index (Phi) is 3.23. The van der Waals surface area contributed by atoms with Gasteiger partial charge in [0.2, 0.25) is 0 Å². The van der Waals surface area contributed by atoms with E-state index in [0.717, 1.165) is 5.76 Å². The van der Waals surface area contributed by atoms with Gasteiger partial charge in [-0.05, 0) is 38.1 Å². The first-order chi connectivity index (χ1) is 7.55.